The molecule has 0 aliphatic rings. The van der Waals surface area contributed by atoms with Crippen molar-refractivity contribution in [1.82, 2.24) is 0 Å². The van der Waals surface area contributed by atoms with Crippen LogP contribution in [-0.4, -0.2) is 40.4 Å². The van der Waals surface area contributed by atoms with E-state index in [1.807, 2.05) is 0 Å². The zero-order valence-electron chi connectivity index (χ0n) is 9.53. The van der Waals surface area contributed by atoms with Crippen molar-refractivity contribution in [2.75, 3.05) is 0 Å². The summed E-state index contributed by atoms with van der Waals surface area (Å²) in [6, 6.07) is 0. The number of carbonyl (C=O) groups is 2. The number of carboxylic acids is 2. The fraction of sp³-hybridized carbons (Fsp3) is 0.778. The smallest absolute Gasteiger partial charge is 0.325 e. The molecule has 0 bridgehead atoms. The predicted molar refractivity (Wildman–Crippen MR) is 58.2 cm³/mol. The minimum atomic E-state index is -4.94. The van der Waals surface area contributed by atoms with Crippen molar-refractivity contribution in [2.45, 2.75) is 31.9 Å². The van der Waals surface area contributed by atoms with Crippen LogP contribution in [0, 0.1) is 11.8 Å². The number of rotatable bonds is 7. The van der Waals surface area contributed by atoms with E-state index in [0.29, 0.717) is 6.42 Å². The van der Waals surface area contributed by atoms with Gasteiger partial charge in [0.25, 0.3) is 10.1 Å². The lowest BCUT2D eigenvalue weighted by atomic mass is 9.95. The van der Waals surface area contributed by atoms with Crippen LogP contribution >= 0.6 is 0 Å². The van der Waals surface area contributed by atoms with Crippen LogP contribution in [-0.2, 0) is 19.7 Å². The highest BCUT2D eigenvalue weighted by molar-refractivity contribution is 7.87. The average Bonchev–Trinajstić information content (AvgIpc) is 2.07. The molecule has 0 amide bonds. The number of hydrogen-bond acceptors (Lipinski definition) is 4. The summed E-state index contributed by atoms with van der Waals surface area (Å²) in [7, 11) is -4.94. The van der Waals surface area contributed by atoms with Crippen molar-refractivity contribution < 1.29 is 32.8 Å². The third-order valence-corrected chi connectivity index (χ3v) is 3.47. The lowest BCUT2D eigenvalue weighted by Gasteiger charge is -2.18. The molecule has 0 aliphatic carbocycles. The van der Waals surface area contributed by atoms with E-state index < -0.39 is 33.2 Å². The maximum absolute atomic E-state index is 10.9. The first-order valence-electron chi connectivity index (χ1n) is 4.99. The van der Waals surface area contributed by atoms with Crippen molar-refractivity contribution in [1.29, 1.82) is 0 Å². The fourth-order valence-electron chi connectivity index (χ4n) is 1.42. The van der Waals surface area contributed by atoms with Gasteiger partial charge in [-0.25, -0.2) is 0 Å². The van der Waals surface area contributed by atoms with E-state index >= 15 is 0 Å². The van der Waals surface area contributed by atoms with Gasteiger partial charge in [0, 0.05) is 0 Å². The first-order chi connectivity index (χ1) is 7.57. The van der Waals surface area contributed by atoms with E-state index in [1.165, 1.54) is 0 Å². The Hall–Kier alpha value is -1.15. The monoisotopic (exact) mass is 268 g/mol. The van der Waals surface area contributed by atoms with Crippen LogP contribution in [0.3, 0.4) is 0 Å². The molecule has 7 nitrogen and oxygen atoms in total. The van der Waals surface area contributed by atoms with Crippen molar-refractivity contribution in [3.63, 3.8) is 0 Å². The first-order valence-corrected chi connectivity index (χ1v) is 6.49. The molecule has 0 aliphatic heterocycles. The molecule has 2 atom stereocenters. The van der Waals surface area contributed by atoms with Gasteiger partial charge < -0.3 is 10.2 Å². The Morgan fingerprint density at radius 3 is 1.76 bits per heavy atom. The number of carboxylic acid groups (broad SMARTS) is 2. The highest BCUT2D eigenvalue weighted by Gasteiger charge is 2.42. The SMILES string of the molecule is CC(C)CCC(C(=O)O)C(C(=O)O)S(=O)(=O)O. The molecule has 2 unspecified atom stereocenters. The summed E-state index contributed by atoms with van der Waals surface area (Å²) in [5.74, 6) is -4.95. The van der Waals surface area contributed by atoms with Gasteiger partial charge >= 0.3 is 11.9 Å². The minimum Gasteiger partial charge on any atom is -0.481 e. The van der Waals surface area contributed by atoms with Gasteiger partial charge in [-0.05, 0) is 12.3 Å². The third-order valence-electron chi connectivity index (χ3n) is 2.30. The van der Waals surface area contributed by atoms with Crippen LogP contribution in [0.25, 0.3) is 0 Å². The highest BCUT2D eigenvalue weighted by atomic mass is 32.2. The molecule has 0 fully saturated rings. The van der Waals surface area contributed by atoms with Crippen LogP contribution in [0.15, 0.2) is 0 Å². The van der Waals surface area contributed by atoms with Crippen molar-refractivity contribution >= 4 is 22.1 Å². The Kier molecular flexibility index (Phi) is 5.56. The van der Waals surface area contributed by atoms with Gasteiger partial charge in [0.2, 0.25) is 0 Å². The van der Waals surface area contributed by atoms with Crippen molar-refractivity contribution in [3.8, 4) is 0 Å². The van der Waals surface area contributed by atoms with E-state index in [2.05, 4.69) is 0 Å². The molecule has 0 aromatic heterocycles. The summed E-state index contributed by atoms with van der Waals surface area (Å²) in [6.07, 6.45) is 0.236. The molecule has 3 N–H and O–H groups in total. The standard InChI is InChI=1S/C9H16O7S/c1-5(2)3-4-6(8(10)11)7(9(12)13)17(14,15)16/h5-7H,3-4H2,1-2H3,(H,10,11)(H,12,13)(H,14,15,16). The van der Waals surface area contributed by atoms with Gasteiger partial charge in [-0.2, -0.15) is 8.42 Å². The van der Waals surface area contributed by atoms with Crippen molar-refractivity contribution in [2.24, 2.45) is 11.8 Å². The van der Waals surface area contributed by atoms with Gasteiger partial charge in [-0.1, -0.05) is 20.3 Å². The van der Waals surface area contributed by atoms with Crippen LogP contribution < -0.4 is 0 Å². The Morgan fingerprint density at radius 1 is 1.06 bits per heavy atom. The normalized spacial score (nSPS) is 15.5. The van der Waals surface area contributed by atoms with E-state index in [0.717, 1.165) is 0 Å². The van der Waals surface area contributed by atoms with Gasteiger partial charge in [-0.15, -0.1) is 0 Å². The maximum atomic E-state index is 10.9. The summed E-state index contributed by atoms with van der Waals surface area (Å²) in [4.78, 5) is 21.6. The molecule has 0 aromatic rings. The van der Waals surface area contributed by atoms with Crippen LogP contribution in [0.5, 0.6) is 0 Å². The summed E-state index contributed by atoms with van der Waals surface area (Å²) < 4.78 is 30.5. The molecule has 0 radical (unpaired) electrons. The van der Waals surface area contributed by atoms with Crippen LogP contribution in [0.1, 0.15) is 26.7 Å². The molecule has 0 rings (SSSR count). The molecule has 0 saturated carbocycles. The first kappa shape index (κ1) is 15.9. The second-order valence-electron chi connectivity index (χ2n) is 4.19. The van der Waals surface area contributed by atoms with Crippen LogP contribution in [0.4, 0.5) is 0 Å². The third kappa shape index (κ3) is 5.14. The Labute approximate surface area is 99.2 Å². The lowest BCUT2D eigenvalue weighted by Crippen LogP contribution is -2.41. The molecule has 17 heavy (non-hydrogen) atoms. The second-order valence-corrected chi connectivity index (χ2v) is 5.73. The van der Waals surface area contributed by atoms with E-state index in [-0.39, 0.29) is 12.3 Å². The largest absolute Gasteiger partial charge is 0.481 e. The zero-order chi connectivity index (χ0) is 13.8. The Morgan fingerprint density at radius 2 is 1.53 bits per heavy atom. The molecule has 0 spiro atoms. The van der Waals surface area contributed by atoms with Crippen LogP contribution in [0.2, 0.25) is 0 Å². The molecule has 100 valence electrons. The Bertz CT molecular complexity index is 384. The van der Waals surface area contributed by atoms with Gasteiger partial charge in [-0.3, -0.25) is 14.1 Å². The summed E-state index contributed by atoms with van der Waals surface area (Å²) >= 11 is 0. The number of hydrogen-bond donors (Lipinski definition) is 3. The number of aliphatic carboxylic acids is 2. The fourth-order valence-corrected chi connectivity index (χ4v) is 2.35. The highest BCUT2D eigenvalue weighted by Crippen LogP contribution is 2.21. The molecule has 8 heteroatoms. The molecule has 0 aromatic carbocycles. The van der Waals surface area contributed by atoms with Crippen molar-refractivity contribution in [3.05, 3.63) is 0 Å². The minimum absolute atomic E-state index is 0.104. The quantitative estimate of drug-likeness (QED) is 0.572. The van der Waals surface area contributed by atoms with Gasteiger partial charge in [0.05, 0.1) is 5.92 Å². The summed E-state index contributed by atoms with van der Waals surface area (Å²) in [5.41, 5.74) is 0. The topological polar surface area (TPSA) is 129 Å². The Balaban J connectivity index is 5.13. The lowest BCUT2D eigenvalue weighted by molar-refractivity contribution is -0.148. The molecular formula is C9H16O7S. The van der Waals surface area contributed by atoms with Gasteiger partial charge in [0.15, 0.2) is 5.25 Å². The summed E-state index contributed by atoms with van der Waals surface area (Å²) in [5, 5.41) is 15.2. The zero-order valence-corrected chi connectivity index (χ0v) is 10.3. The molecule has 0 heterocycles. The summed E-state index contributed by atoms with van der Waals surface area (Å²) in [6.45, 7) is 3.59. The average molecular weight is 268 g/mol. The van der Waals surface area contributed by atoms with Gasteiger partial charge in [0.1, 0.15) is 0 Å². The second kappa shape index (κ2) is 5.97. The van der Waals surface area contributed by atoms with E-state index in [9.17, 15) is 18.0 Å². The molecular weight excluding hydrogens is 252 g/mol. The predicted octanol–water partition coefficient (Wildman–Crippen LogP) is 0.464. The maximum Gasteiger partial charge on any atom is 0.325 e. The molecule has 0 saturated heterocycles. The van der Waals surface area contributed by atoms with E-state index in [4.69, 9.17) is 14.8 Å². The van der Waals surface area contributed by atoms with E-state index in [1.54, 1.807) is 13.8 Å².